The Morgan fingerprint density at radius 2 is 1.40 bits per heavy atom. The van der Waals surface area contributed by atoms with Gasteiger partial charge in [-0.3, -0.25) is 0 Å². The molecule has 0 atom stereocenters. The number of alkyl halides is 6. The van der Waals surface area contributed by atoms with E-state index < -0.39 is 7.59 Å². The lowest BCUT2D eigenvalue weighted by Crippen LogP contribution is -2.06. The molecule has 0 nitrogen and oxygen atoms in total. The summed E-state index contributed by atoms with van der Waals surface area (Å²) in [5, 5.41) is 0. The zero-order chi connectivity index (χ0) is 11.9. The third-order valence-corrected chi connectivity index (χ3v) is 3.12. The minimum Gasteiger partial charge on any atom is -0.0784 e. The maximum atomic E-state index is 5.76. The van der Waals surface area contributed by atoms with Gasteiger partial charge in [0.2, 0.25) is 7.59 Å². The summed E-state index contributed by atoms with van der Waals surface area (Å²) < 4.78 is -2.92. The Morgan fingerprint density at radius 1 is 0.867 bits per heavy atom. The molecule has 0 aliphatic carbocycles. The van der Waals surface area contributed by atoms with E-state index in [0.29, 0.717) is 11.1 Å². The molecule has 0 radical (unpaired) electrons. The Hall–Kier alpha value is 0.960. The summed E-state index contributed by atoms with van der Waals surface area (Å²) in [5.74, 6) is 0. The van der Waals surface area contributed by atoms with Crippen LogP contribution in [0.15, 0.2) is 18.2 Å². The molecule has 0 aromatic heterocycles. The van der Waals surface area contributed by atoms with Gasteiger partial charge in [-0.2, -0.15) is 0 Å². The number of hydrogen-bond donors (Lipinski definition) is 0. The van der Waals surface area contributed by atoms with Crippen LogP contribution in [0.5, 0.6) is 0 Å². The molecule has 0 bridgehead atoms. The van der Waals surface area contributed by atoms with Gasteiger partial charge in [-0.25, -0.2) is 0 Å². The second-order valence-corrected chi connectivity index (χ2v) is 7.59. The molecule has 0 aliphatic rings. The number of hydrogen-bond acceptors (Lipinski definition) is 0. The predicted molar refractivity (Wildman–Crippen MR) is 69.7 cm³/mol. The first-order valence-electron chi connectivity index (χ1n) is 3.87. The van der Waals surface area contributed by atoms with Crippen molar-refractivity contribution in [1.82, 2.24) is 0 Å². The fourth-order valence-corrected chi connectivity index (χ4v) is 2.15. The Kier molecular flexibility index (Phi) is 4.37. The van der Waals surface area contributed by atoms with Crippen molar-refractivity contribution in [2.45, 2.75) is 14.5 Å². The summed E-state index contributed by atoms with van der Waals surface area (Å²) in [6, 6.07) is 4.95. The van der Waals surface area contributed by atoms with E-state index in [4.69, 9.17) is 69.6 Å². The van der Waals surface area contributed by atoms with Crippen molar-refractivity contribution < 1.29 is 0 Å². The lowest BCUT2D eigenvalue weighted by Gasteiger charge is -2.18. The molecule has 0 N–H and O–H groups in total. The third-order valence-electron chi connectivity index (χ3n) is 1.86. The highest BCUT2D eigenvalue weighted by molar-refractivity contribution is 6.67. The normalized spacial score (nSPS) is 13.0. The van der Waals surface area contributed by atoms with Gasteiger partial charge in [-0.1, -0.05) is 87.8 Å². The summed E-state index contributed by atoms with van der Waals surface area (Å²) in [7, 11) is 0. The highest BCUT2D eigenvalue weighted by atomic mass is 35.6. The minimum atomic E-state index is -1.46. The van der Waals surface area contributed by atoms with Gasteiger partial charge in [0.1, 0.15) is 0 Å². The first-order valence-corrected chi connectivity index (χ1v) is 6.14. The van der Waals surface area contributed by atoms with Crippen molar-refractivity contribution in [1.29, 1.82) is 0 Å². The molecule has 1 rings (SSSR count). The van der Waals surface area contributed by atoms with E-state index in [0.717, 1.165) is 5.56 Å². The van der Waals surface area contributed by atoms with E-state index in [1.54, 1.807) is 25.1 Å². The zero-order valence-corrected chi connectivity index (χ0v) is 12.0. The van der Waals surface area contributed by atoms with Gasteiger partial charge in [0.05, 0.1) is 0 Å². The van der Waals surface area contributed by atoms with Gasteiger partial charge in [-0.05, 0) is 12.5 Å². The SMILES string of the molecule is Cc1cc(C(Cl)(Cl)Cl)ccc1C(Cl)(Cl)Cl. The average Bonchev–Trinajstić information content (AvgIpc) is 1.99. The second-order valence-electron chi connectivity index (χ2n) is 3.03. The zero-order valence-electron chi connectivity index (χ0n) is 7.50. The second kappa shape index (κ2) is 4.68. The van der Waals surface area contributed by atoms with Crippen molar-refractivity contribution in [2.75, 3.05) is 0 Å². The lowest BCUT2D eigenvalue weighted by molar-refractivity contribution is 1.14. The van der Waals surface area contributed by atoms with Crippen LogP contribution in [0.1, 0.15) is 16.7 Å². The van der Waals surface area contributed by atoms with Crippen LogP contribution in [0.3, 0.4) is 0 Å². The van der Waals surface area contributed by atoms with Crippen LogP contribution in [0.2, 0.25) is 0 Å². The van der Waals surface area contributed by atoms with Crippen LogP contribution < -0.4 is 0 Å². The molecule has 0 heterocycles. The van der Waals surface area contributed by atoms with E-state index in [1.165, 1.54) is 0 Å². The van der Waals surface area contributed by atoms with Crippen LogP contribution >= 0.6 is 69.6 Å². The van der Waals surface area contributed by atoms with Gasteiger partial charge < -0.3 is 0 Å². The largest absolute Gasteiger partial charge is 0.216 e. The standard InChI is InChI=1S/C9H6Cl6/c1-5-4-6(8(10,11)12)2-3-7(5)9(13,14)15/h2-4H,1H3. The Balaban J connectivity index is 3.21. The molecule has 84 valence electrons. The molecule has 0 fully saturated rings. The van der Waals surface area contributed by atoms with Gasteiger partial charge in [0, 0.05) is 11.1 Å². The number of rotatable bonds is 0. The first kappa shape index (κ1) is 14.0. The van der Waals surface area contributed by atoms with Gasteiger partial charge in [-0.15, -0.1) is 0 Å². The van der Waals surface area contributed by atoms with Crippen LogP contribution in [-0.2, 0) is 7.59 Å². The van der Waals surface area contributed by atoms with E-state index in [1.807, 2.05) is 0 Å². The van der Waals surface area contributed by atoms with E-state index in [9.17, 15) is 0 Å². The van der Waals surface area contributed by atoms with Gasteiger partial charge in [0.15, 0.2) is 0 Å². The van der Waals surface area contributed by atoms with E-state index in [-0.39, 0.29) is 0 Å². The molecule has 0 aliphatic heterocycles. The smallest absolute Gasteiger partial charge is 0.0784 e. The summed E-state index contributed by atoms with van der Waals surface area (Å²) in [4.78, 5) is 0. The number of aryl methyl sites for hydroxylation is 1. The molecule has 1 aromatic rings. The molecule has 1 aromatic carbocycles. The topological polar surface area (TPSA) is 0 Å². The Bertz CT molecular complexity index is 360. The lowest BCUT2D eigenvalue weighted by atomic mass is 10.1. The summed E-state index contributed by atoms with van der Waals surface area (Å²) in [6.07, 6.45) is 0. The van der Waals surface area contributed by atoms with Crippen molar-refractivity contribution >= 4 is 69.6 Å². The van der Waals surface area contributed by atoms with E-state index >= 15 is 0 Å². The highest BCUT2D eigenvalue weighted by Crippen LogP contribution is 2.43. The highest BCUT2D eigenvalue weighted by Gasteiger charge is 2.28. The Morgan fingerprint density at radius 3 is 1.73 bits per heavy atom. The molecule has 15 heavy (non-hydrogen) atoms. The van der Waals surface area contributed by atoms with Gasteiger partial charge >= 0.3 is 0 Å². The summed E-state index contributed by atoms with van der Waals surface area (Å²) >= 11 is 34.5. The molecule has 0 saturated carbocycles. The Labute approximate surface area is 118 Å². The minimum absolute atomic E-state index is 0.544. The fourth-order valence-electron chi connectivity index (χ4n) is 1.16. The maximum absolute atomic E-state index is 5.76. The maximum Gasteiger partial charge on any atom is 0.216 e. The van der Waals surface area contributed by atoms with Crippen LogP contribution in [-0.4, -0.2) is 0 Å². The van der Waals surface area contributed by atoms with Crippen molar-refractivity contribution in [3.05, 3.63) is 34.9 Å². The quantitative estimate of drug-likeness (QED) is 0.540. The van der Waals surface area contributed by atoms with Crippen molar-refractivity contribution in [3.8, 4) is 0 Å². The molecule has 0 spiro atoms. The monoisotopic (exact) mass is 324 g/mol. The van der Waals surface area contributed by atoms with Crippen molar-refractivity contribution in [3.63, 3.8) is 0 Å². The molecule has 6 heteroatoms. The number of benzene rings is 1. The first-order chi connectivity index (χ1) is 6.62. The third kappa shape index (κ3) is 3.73. The summed E-state index contributed by atoms with van der Waals surface area (Å²) in [6.45, 7) is 1.79. The average molecular weight is 327 g/mol. The van der Waals surface area contributed by atoms with Crippen LogP contribution in [0.25, 0.3) is 0 Å². The molecule has 0 unspecified atom stereocenters. The predicted octanol–water partition coefficient (Wildman–Crippen LogP) is 5.65. The molecular formula is C9H6Cl6. The van der Waals surface area contributed by atoms with Crippen molar-refractivity contribution in [2.24, 2.45) is 0 Å². The number of halogens is 6. The van der Waals surface area contributed by atoms with Crippen LogP contribution in [0, 0.1) is 6.92 Å². The van der Waals surface area contributed by atoms with Crippen LogP contribution in [0.4, 0.5) is 0 Å². The molecular weight excluding hydrogens is 321 g/mol. The van der Waals surface area contributed by atoms with Gasteiger partial charge in [0.25, 0.3) is 0 Å². The molecule has 0 amide bonds. The fraction of sp³-hybridized carbons (Fsp3) is 0.333. The molecule has 0 saturated heterocycles. The summed E-state index contributed by atoms with van der Waals surface area (Å²) in [5.41, 5.74) is 1.88. The van der Waals surface area contributed by atoms with E-state index in [2.05, 4.69) is 0 Å².